The Morgan fingerprint density at radius 3 is 2.50 bits per heavy atom. The number of hydrogen-bond acceptors (Lipinski definition) is 7. The van der Waals surface area contributed by atoms with Crippen molar-refractivity contribution >= 4 is 11.8 Å². The van der Waals surface area contributed by atoms with Crippen molar-refractivity contribution in [1.29, 1.82) is 10.5 Å². The molecule has 0 atom stereocenters. The highest BCUT2D eigenvalue weighted by molar-refractivity contribution is 5.82. The van der Waals surface area contributed by atoms with E-state index in [-0.39, 0.29) is 45.9 Å². The van der Waals surface area contributed by atoms with Gasteiger partial charge in [0.2, 0.25) is 0 Å². The zero-order chi connectivity index (χ0) is 18.8. The van der Waals surface area contributed by atoms with Gasteiger partial charge >= 0.3 is 5.97 Å². The number of anilines is 1. The summed E-state index contributed by atoms with van der Waals surface area (Å²) in [7, 11) is 1.40. The molecule has 0 aliphatic heterocycles. The molecule has 1 aliphatic rings. The van der Waals surface area contributed by atoms with Gasteiger partial charge in [0.05, 0.1) is 13.0 Å². The predicted octanol–water partition coefficient (Wildman–Crippen LogP) is 1.69. The fourth-order valence-electron chi connectivity index (χ4n) is 2.55. The second kappa shape index (κ2) is 6.61. The van der Waals surface area contributed by atoms with E-state index in [1.807, 2.05) is 6.07 Å². The predicted molar refractivity (Wildman–Crippen MR) is 91.3 cm³/mol. The Labute approximate surface area is 148 Å². The van der Waals surface area contributed by atoms with Crippen molar-refractivity contribution in [3.63, 3.8) is 0 Å². The van der Waals surface area contributed by atoms with E-state index >= 15 is 0 Å². The molecular weight excluding hydrogens is 336 g/mol. The van der Waals surface area contributed by atoms with Gasteiger partial charge in [-0.2, -0.15) is 10.5 Å². The zero-order valence-electron chi connectivity index (χ0n) is 13.8. The zero-order valence-corrected chi connectivity index (χ0v) is 13.8. The van der Waals surface area contributed by atoms with Crippen molar-refractivity contribution in [2.45, 2.75) is 12.8 Å². The number of benzene rings is 1. The third-order valence-corrected chi connectivity index (χ3v) is 4.04. The smallest absolute Gasteiger partial charge is 0.314 e. The van der Waals surface area contributed by atoms with Crippen LogP contribution in [0, 0.1) is 28.6 Å². The number of nitriles is 2. The van der Waals surface area contributed by atoms with Crippen molar-refractivity contribution in [2.24, 2.45) is 5.92 Å². The summed E-state index contributed by atoms with van der Waals surface area (Å²) >= 11 is 0. The lowest BCUT2D eigenvalue weighted by Crippen LogP contribution is -2.16. The van der Waals surface area contributed by atoms with E-state index in [0.717, 1.165) is 12.8 Å². The Morgan fingerprint density at radius 1 is 1.23 bits per heavy atom. The maximum Gasteiger partial charge on any atom is 0.314 e. The molecule has 26 heavy (non-hydrogen) atoms. The summed E-state index contributed by atoms with van der Waals surface area (Å²) in [5, 5.41) is 18.7. The third kappa shape index (κ3) is 2.96. The number of pyridine rings is 1. The fourth-order valence-corrected chi connectivity index (χ4v) is 2.55. The molecule has 0 amide bonds. The Balaban J connectivity index is 2.13. The highest BCUT2D eigenvalue weighted by Gasteiger charge is 2.32. The van der Waals surface area contributed by atoms with Gasteiger partial charge in [0.1, 0.15) is 29.1 Å². The lowest BCUT2D eigenvalue weighted by atomic mass is 9.96. The number of nitrogens with two attached hydrogens (primary N) is 1. The lowest BCUT2D eigenvalue weighted by Gasteiger charge is -2.13. The number of rotatable bonds is 4. The molecule has 3 rings (SSSR count). The number of esters is 1. The number of H-pyrrole nitrogens is 1. The molecule has 1 aromatic carbocycles. The molecule has 8 nitrogen and oxygen atoms in total. The molecule has 0 saturated heterocycles. The van der Waals surface area contributed by atoms with Gasteiger partial charge in [-0.25, -0.2) is 0 Å². The van der Waals surface area contributed by atoms with Crippen molar-refractivity contribution in [2.75, 3.05) is 12.8 Å². The molecule has 8 heteroatoms. The SMILES string of the molecule is COc1cc(-c2c(C#N)c(N)[nH]c(=O)c2C#N)ccc1OC(=O)C1CC1. The molecule has 1 aromatic heterocycles. The quantitative estimate of drug-likeness (QED) is 0.631. The van der Waals surface area contributed by atoms with E-state index < -0.39 is 5.56 Å². The van der Waals surface area contributed by atoms with Crippen LogP contribution in [-0.2, 0) is 4.79 Å². The van der Waals surface area contributed by atoms with Gasteiger partial charge in [-0.3, -0.25) is 9.59 Å². The minimum atomic E-state index is -0.692. The number of aromatic amines is 1. The van der Waals surface area contributed by atoms with E-state index in [1.54, 1.807) is 6.07 Å². The Morgan fingerprint density at radius 2 is 1.92 bits per heavy atom. The van der Waals surface area contributed by atoms with Crippen LogP contribution in [0.4, 0.5) is 5.82 Å². The molecule has 1 fully saturated rings. The summed E-state index contributed by atoms with van der Waals surface area (Å²) in [5.41, 5.74) is 5.24. The van der Waals surface area contributed by atoms with Gasteiger partial charge in [-0.1, -0.05) is 6.07 Å². The first-order valence-electron chi connectivity index (χ1n) is 7.76. The summed E-state index contributed by atoms with van der Waals surface area (Å²) in [6, 6.07) is 8.22. The summed E-state index contributed by atoms with van der Waals surface area (Å²) in [6.07, 6.45) is 1.62. The minimum Gasteiger partial charge on any atom is -0.493 e. The number of nitrogens with zero attached hydrogens (tertiary/aromatic N) is 2. The molecule has 3 N–H and O–H groups in total. The fraction of sp³-hybridized carbons (Fsp3) is 0.222. The minimum absolute atomic E-state index is 0.0223. The van der Waals surface area contributed by atoms with Crippen LogP contribution in [0.25, 0.3) is 11.1 Å². The number of carbonyl (C=O) groups is 1. The first-order chi connectivity index (χ1) is 12.5. The maximum atomic E-state index is 12.0. The standard InChI is InChI=1S/C18H14N4O4/c1-25-14-6-10(4-5-13(14)26-18(24)9-2-3-9)15-11(7-19)16(21)22-17(23)12(15)8-20/h4-6,9H,2-3H2,1H3,(H3,21,22,23). The molecule has 0 radical (unpaired) electrons. The summed E-state index contributed by atoms with van der Waals surface area (Å²) in [5.74, 6) is -0.0741. The highest BCUT2D eigenvalue weighted by atomic mass is 16.6. The molecule has 2 aromatic rings. The normalized spacial score (nSPS) is 12.7. The van der Waals surface area contributed by atoms with Gasteiger partial charge in [0, 0.05) is 5.56 Å². The highest BCUT2D eigenvalue weighted by Crippen LogP contribution is 2.37. The molecular formula is C18H14N4O4. The monoisotopic (exact) mass is 350 g/mol. The number of carbonyl (C=O) groups excluding carboxylic acids is 1. The van der Waals surface area contributed by atoms with E-state index in [9.17, 15) is 20.1 Å². The number of hydrogen-bond donors (Lipinski definition) is 2. The van der Waals surface area contributed by atoms with E-state index in [1.165, 1.54) is 25.3 Å². The van der Waals surface area contributed by atoms with Gasteiger partial charge in [-0.05, 0) is 30.5 Å². The van der Waals surface area contributed by atoms with Gasteiger partial charge in [-0.15, -0.1) is 0 Å². The van der Waals surface area contributed by atoms with Crippen LogP contribution in [-0.4, -0.2) is 18.1 Å². The van der Waals surface area contributed by atoms with Crippen LogP contribution in [0.15, 0.2) is 23.0 Å². The summed E-state index contributed by atoms with van der Waals surface area (Å²) in [4.78, 5) is 26.2. The number of ether oxygens (including phenoxy) is 2. The second-order valence-corrected chi connectivity index (χ2v) is 5.78. The van der Waals surface area contributed by atoms with Crippen LogP contribution >= 0.6 is 0 Å². The molecule has 130 valence electrons. The molecule has 0 spiro atoms. The summed E-state index contributed by atoms with van der Waals surface area (Å²) < 4.78 is 10.6. The van der Waals surface area contributed by atoms with Crippen molar-refractivity contribution in [1.82, 2.24) is 4.98 Å². The van der Waals surface area contributed by atoms with Crippen LogP contribution in [0.5, 0.6) is 11.5 Å². The van der Waals surface area contributed by atoms with Gasteiger partial charge < -0.3 is 20.2 Å². The van der Waals surface area contributed by atoms with E-state index in [4.69, 9.17) is 15.2 Å². The molecule has 1 heterocycles. The van der Waals surface area contributed by atoms with E-state index in [0.29, 0.717) is 5.56 Å². The Kier molecular flexibility index (Phi) is 4.34. The largest absolute Gasteiger partial charge is 0.493 e. The average molecular weight is 350 g/mol. The molecule has 1 saturated carbocycles. The van der Waals surface area contributed by atoms with Gasteiger partial charge in [0.25, 0.3) is 5.56 Å². The van der Waals surface area contributed by atoms with Crippen LogP contribution in [0.2, 0.25) is 0 Å². The maximum absolute atomic E-state index is 12.0. The van der Waals surface area contributed by atoms with Crippen molar-refractivity contribution < 1.29 is 14.3 Å². The van der Waals surface area contributed by atoms with Crippen molar-refractivity contribution in [3.05, 3.63) is 39.7 Å². The molecule has 1 aliphatic carbocycles. The molecule has 0 unspecified atom stereocenters. The second-order valence-electron chi connectivity index (χ2n) is 5.78. The first kappa shape index (κ1) is 17.1. The lowest BCUT2D eigenvalue weighted by molar-refractivity contribution is -0.135. The average Bonchev–Trinajstić information content (AvgIpc) is 3.46. The van der Waals surface area contributed by atoms with Gasteiger partial charge in [0.15, 0.2) is 11.5 Å². The first-order valence-corrected chi connectivity index (χ1v) is 7.76. The van der Waals surface area contributed by atoms with Crippen LogP contribution in [0.3, 0.4) is 0 Å². The van der Waals surface area contributed by atoms with Crippen LogP contribution in [0.1, 0.15) is 24.0 Å². The Bertz CT molecular complexity index is 1040. The number of aromatic nitrogens is 1. The Hall–Kier alpha value is -3.78. The molecule has 0 bridgehead atoms. The topological polar surface area (TPSA) is 142 Å². The number of nitrogens with one attached hydrogen (secondary N) is 1. The number of nitrogen functional groups attached to an aromatic ring is 1. The third-order valence-electron chi connectivity index (χ3n) is 4.04. The summed E-state index contributed by atoms with van der Waals surface area (Å²) in [6.45, 7) is 0. The van der Waals surface area contributed by atoms with Crippen LogP contribution < -0.4 is 20.8 Å². The van der Waals surface area contributed by atoms with E-state index in [2.05, 4.69) is 4.98 Å². The number of methoxy groups -OCH3 is 1. The van der Waals surface area contributed by atoms with Crippen molar-refractivity contribution in [3.8, 4) is 34.8 Å².